The van der Waals surface area contributed by atoms with Crippen LogP contribution in [0.25, 0.3) is 0 Å². The van der Waals surface area contributed by atoms with Gasteiger partial charge in [0.05, 0.1) is 0 Å². The highest BCUT2D eigenvalue weighted by Crippen LogP contribution is 2.31. The van der Waals surface area contributed by atoms with Crippen molar-refractivity contribution in [1.82, 2.24) is 0 Å². The fraction of sp³-hybridized carbons (Fsp3) is 0.625. The molecule has 0 aliphatic carbocycles. The average molecular weight is 233 g/mol. The molecule has 0 bridgehead atoms. The Hall–Kier alpha value is -0.820. The zero-order valence-electron chi connectivity index (χ0n) is 11.7. The predicted molar refractivity (Wildman–Crippen MR) is 76.1 cm³/mol. The lowest BCUT2D eigenvalue weighted by atomic mass is 9.80. The van der Waals surface area contributed by atoms with Gasteiger partial charge in [-0.25, -0.2) is 0 Å². The largest absolute Gasteiger partial charge is 0.330 e. The molecule has 0 spiro atoms. The maximum atomic E-state index is 5.94. The average Bonchev–Trinajstić information content (AvgIpc) is 2.29. The highest BCUT2D eigenvalue weighted by atomic mass is 14.6. The molecule has 1 heteroatoms. The minimum absolute atomic E-state index is 0.407. The number of benzene rings is 1. The van der Waals surface area contributed by atoms with Crippen molar-refractivity contribution >= 4 is 0 Å². The van der Waals surface area contributed by atoms with Crippen LogP contribution >= 0.6 is 0 Å². The van der Waals surface area contributed by atoms with E-state index in [-0.39, 0.29) is 0 Å². The van der Waals surface area contributed by atoms with Crippen molar-refractivity contribution in [2.24, 2.45) is 17.1 Å². The lowest BCUT2D eigenvalue weighted by Crippen LogP contribution is -2.22. The van der Waals surface area contributed by atoms with Gasteiger partial charge in [0, 0.05) is 0 Å². The second-order valence-corrected chi connectivity index (χ2v) is 6.29. The zero-order chi connectivity index (χ0) is 12.9. The minimum Gasteiger partial charge on any atom is -0.330 e. The predicted octanol–water partition coefficient (Wildman–Crippen LogP) is 4.19. The third kappa shape index (κ3) is 4.91. The van der Waals surface area contributed by atoms with Crippen molar-refractivity contribution in [2.75, 3.05) is 6.54 Å². The quantitative estimate of drug-likeness (QED) is 0.810. The smallest absolute Gasteiger partial charge is 0.00431 e. The van der Waals surface area contributed by atoms with Crippen molar-refractivity contribution in [3.63, 3.8) is 0 Å². The summed E-state index contributed by atoms with van der Waals surface area (Å²) < 4.78 is 0. The summed E-state index contributed by atoms with van der Waals surface area (Å²) in [5, 5.41) is 0. The first kappa shape index (κ1) is 14.2. The van der Waals surface area contributed by atoms with Gasteiger partial charge in [-0.05, 0) is 42.2 Å². The van der Waals surface area contributed by atoms with Gasteiger partial charge in [0.15, 0.2) is 0 Å². The zero-order valence-corrected chi connectivity index (χ0v) is 11.7. The first-order valence-electron chi connectivity index (χ1n) is 6.69. The first-order chi connectivity index (χ1) is 7.94. The van der Waals surface area contributed by atoms with Crippen LogP contribution in [0.5, 0.6) is 0 Å². The Labute approximate surface area is 106 Å². The van der Waals surface area contributed by atoms with Crippen molar-refractivity contribution in [1.29, 1.82) is 0 Å². The van der Waals surface area contributed by atoms with Gasteiger partial charge in [-0.15, -0.1) is 0 Å². The number of rotatable bonds is 5. The third-order valence-corrected chi connectivity index (χ3v) is 3.60. The van der Waals surface area contributed by atoms with E-state index in [0.717, 1.165) is 6.54 Å². The molecular formula is C16H27N. The van der Waals surface area contributed by atoms with E-state index in [1.165, 1.54) is 18.4 Å². The van der Waals surface area contributed by atoms with E-state index >= 15 is 0 Å². The van der Waals surface area contributed by atoms with Crippen LogP contribution in [0.15, 0.2) is 30.3 Å². The van der Waals surface area contributed by atoms with Gasteiger partial charge in [0.2, 0.25) is 0 Å². The highest BCUT2D eigenvalue weighted by Gasteiger charge is 2.20. The Bertz CT molecular complexity index is 310. The molecule has 1 aromatic rings. The lowest BCUT2D eigenvalue weighted by Gasteiger charge is -2.27. The normalized spacial score (nSPS) is 15.6. The van der Waals surface area contributed by atoms with Crippen LogP contribution in [0, 0.1) is 11.3 Å². The molecule has 2 atom stereocenters. The molecule has 0 aromatic heterocycles. The van der Waals surface area contributed by atoms with Crippen LogP contribution in [0.4, 0.5) is 0 Å². The number of nitrogens with two attached hydrogens (primary N) is 1. The van der Waals surface area contributed by atoms with Crippen molar-refractivity contribution in [3.8, 4) is 0 Å². The fourth-order valence-electron chi connectivity index (χ4n) is 2.22. The van der Waals surface area contributed by atoms with Gasteiger partial charge >= 0.3 is 0 Å². The maximum Gasteiger partial charge on any atom is -0.00431 e. The molecule has 2 N–H and O–H groups in total. The van der Waals surface area contributed by atoms with Crippen LogP contribution < -0.4 is 5.73 Å². The summed E-state index contributed by atoms with van der Waals surface area (Å²) in [5.41, 5.74) is 7.76. The molecule has 1 rings (SSSR count). The van der Waals surface area contributed by atoms with E-state index in [1.807, 2.05) is 0 Å². The van der Waals surface area contributed by atoms with E-state index < -0.39 is 0 Å². The number of hydrogen-bond acceptors (Lipinski definition) is 1. The summed E-state index contributed by atoms with van der Waals surface area (Å²) in [5.74, 6) is 1.15. The highest BCUT2D eigenvalue weighted by molar-refractivity contribution is 5.19. The molecule has 17 heavy (non-hydrogen) atoms. The van der Waals surface area contributed by atoms with E-state index in [9.17, 15) is 0 Å². The van der Waals surface area contributed by atoms with E-state index in [0.29, 0.717) is 17.3 Å². The minimum atomic E-state index is 0.407. The molecule has 0 aliphatic rings. The number of hydrogen-bond donors (Lipinski definition) is 1. The monoisotopic (exact) mass is 233 g/mol. The summed E-state index contributed by atoms with van der Waals surface area (Å²) in [7, 11) is 0. The van der Waals surface area contributed by atoms with E-state index in [4.69, 9.17) is 5.73 Å². The molecule has 1 aromatic carbocycles. The van der Waals surface area contributed by atoms with Crippen molar-refractivity contribution in [3.05, 3.63) is 35.9 Å². The Morgan fingerprint density at radius 3 is 2.18 bits per heavy atom. The van der Waals surface area contributed by atoms with Crippen LogP contribution in [0.2, 0.25) is 0 Å². The van der Waals surface area contributed by atoms with Gasteiger partial charge in [-0.2, -0.15) is 0 Å². The summed E-state index contributed by atoms with van der Waals surface area (Å²) >= 11 is 0. The van der Waals surface area contributed by atoms with Crippen LogP contribution in [-0.2, 0) is 0 Å². The van der Waals surface area contributed by atoms with Gasteiger partial charge < -0.3 is 5.73 Å². The summed E-state index contributed by atoms with van der Waals surface area (Å²) in [6.45, 7) is 9.98. The second kappa shape index (κ2) is 6.20. The van der Waals surface area contributed by atoms with E-state index in [2.05, 4.69) is 58.0 Å². The Morgan fingerprint density at radius 2 is 1.71 bits per heavy atom. The molecule has 0 saturated heterocycles. The lowest BCUT2D eigenvalue weighted by molar-refractivity contribution is 0.305. The molecule has 0 aliphatic heterocycles. The molecule has 0 heterocycles. The maximum absolute atomic E-state index is 5.94. The molecule has 0 fully saturated rings. The van der Waals surface area contributed by atoms with Gasteiger partial charge in [-0.1, -0.05) is 58.0 Å². The molecule has 0 amide bonds. The van der Waals surface area contributed by atoms with Gasteiger partial charge in [-0.3, -0.25) is 0 Å². The topological polar surface area (TPSA) is 26.0 Å². The van der Waals surface area contributed by atoms with Crippen LogP contribution in [0.3, 0.4) is 0 Å². The Morgan fingerprint density at radius 1 is 1.12 bits per heavy atom. The van der Waals surface area contributed by atoms with Crippen LogP contribution in [-0.4, -0.2) is 6.54 Å². The summed E-state index contributed by atoms with van der Waals surface area (Å²) in [6.07, 6.45) is 2.46. The molecule has 1 nitrogen and oxygen atoms in total. The standard InChI is InChI=1S/C16H27N/c1-13(14-8-6-5-7-9-14)15(12-17)10-11-16(2,3)4/h5-9,13,15H,10-12,17H2,1-4H3. The van der Waals surface area contributed by atoms with Gasteiger partial charge in [0.1, 0.15) is 0 Å². The van der Waals surface area contributed by atoms with Crippen LogP contribution in [0.1, 0.15) is 52.0 Å². The fourth-order valence-corrected chi connectivity index (χ4v) is 2.22. The molecule has 2 unspecified atom stereocenters. The third-order valence-electron chi connectivity index (χ3n) is 3.60. The van der Waals surface area contributed by atoms with Crippen molar-refractivity contribution < 1.29 is 0 Å². The molecule has 0 saturated carbocycles. The summed E-state index contributed by atoms with van der Waals surface area (Å²) in [4.78, 5) is 0. The first-order valence-corrected chi connectivity index (χ1v) is 6.69. The second-order valence-electron chi connectivity index (χ2n) is 6.29. The molecular weight excluding hydrogens is 206 g/mol. The Kier molecular flexibility index (Phi) is 5.20. The summed E-state index contributed by atoms with van der Waals surface area (Å²) in [6, 6.07) is 10.7. The Balaban J connectivity index is 2.62. The molecule has 96 valence electrons. The molecule has 0 radical (unpaired) electrons. The van der Waals surface area contributed by atoms with Gasteiger partial charge in [0.25, 0.3) is 0 Å². The van der Waals surface area contributed by atoms with Crippen molar-refractivity contribution in [2.45, 2.75) is 46.5 Å². The SMILES string of the molecule is CC(c1ccccc1)C(CN)CCC(C)(C)C. The van der Waals surface area contributed by atoms with E-state index in [1.54, 1.807) is 0 Å².